The van der Waals surface area contributed by atoms with E-state index in [2.05, 4.69) is 22.2 Å². The number of nitrogens with one attached hydrogen (secondary N) is 2. The summed E-state index contributed by atoms with van der Waals surface area (Å²) in [5.74, 6) is 1.22. The molecule has 0 aliphatic heterocycles. The third-order valence-electron chi connectivity index (χ3n) is 4.82. The van der Waals surface area contributed by atoms with Crippen LogP contribution in [-0.2, 0) is 24.2 Å². The van der Waals surface area contributed by atoms with E-state index in [0.717, 1.165) is 29.5 Å². The maximum absolute atomic E-state index is 12.6. The van der Waals surface area contributed by atoms with Gasteiger partial charge in [0.25, 0.3) is 5.56 Å². The molecule has 0 aromatic carbocycles. The normalized spacial score (nSPS) is 17.6. The van der Waals surface area contributed by atoms with Crippen LogP contribution in [0.1, 0.15) is 36.5 Å². The van der Waals surface area contributed by atoms with Crippen LogP contribution in [0.25, 0.3) is 10.2 Å². The minimum Gasteiger partial charge on any atom is -0.467 e. The van der Waals surface area contributed by atoms with Crippen LogP contribution in [0.15, 0.2) is 32.8 Å². The average molecular weight is 404 g/mol. The number of fused-ring (bicyclic) bond motifs is 3. The Morgan fingerprint density at radius 2 is 2.41 bits per heavy atom. The lowest BCUT2D eigenvalue weighted by Gasteiger charge is -2.17. The molecule has 142 valence electrons. The molecule has 1 amide bonds. The third-order valence-corrected chi connectivity index (χ3v) is 6.95. The molecule has 0 bridgehead atoms. The van der Waals surface area contributed by atoms with Crippen LogP contribution in [0.5, 0.6) is 0 Å². The maximum Gasteiger partial charge on any atom is 0.260 e. The van der Waals surface area contributed by atoms with E-state index in [9.17, 15) is 9.59 Å². The smallest absolute Gasteiger partial charge is 0.260 e. The van der Waals surface area contributed by atoms with Crippen LogP contribution >= 0.6 is 23.1 Å². The quantitative estimate of drug-likeness (QED) is 0.503. The van der Waals surface area contributed by atoms with Gasteiger partial charge in [-0.1, -0.05) is 18.7 Å². The Balaban J connectivity index is 1.50. The van der Waals surface area contributed by atoms with Gasteiger partial charge in [0.05, 0.1) is 23.4 Å². The summed E-state index contributed by atoms with van der Waals surface area (Å²) in [4.78, 5) is 34.5. The molecule has 4 rings (SSSR count). The van der Waals surface area contributed by atoms with Gasteiger partial charge < -0.3 is 14.7 Å². The zero-order valence-electron chi connectivity index (χ0n) is 15.2. The average Bonchev–Trinajstić information content (AvgIpc) is 3.26. The van der Waals surface area contributed by atoms with Crippen molar-refractivity contribution >= 4 is 39.2 Å². The number of aromatic amines is 1. The van der Waals surface area contributed by atoms with Crippen molar-refractivity contribution in [3.05, 3.63) is 45.0 Å². The maximum atomic E-state index is 12.6. The van der Waals surface area contributed by atoms with Crippen molar-refractivity contribution in [2.24, 2.45) is 5.92 Å². The molecular weight excluding hydrogens is 382 g/mol. The fraction of sp³-hybridized carbons (Fsp3) is 0.421. The lowest BCUT2D eigenvalue weighted by atomic mass is 9.89. The topological polar surface area (TPSA) is 88.0 Å². The number of aryl methyl sites for hydroxylation is 1. The van der Waals surface area contributed by atoms with Gasteiger partial charge in [-0.05, 0) is 49.8 Å². The molecule has 0 unspecified atom stereocenters. The Kier molecular flexibility index (Phi) is 5.10. The summed E-state index contributed by atoms with van der Waals surface area (Å²) >= 11 is 2.88. The van der Waals surface area contributed by atoms with Crippen LogP contribution in [0.4, 0.5) is 0 Å². The van der Waals surface area contributed by atoms with Crippen molar-refractivity contribution in [3.63, 3.8) is 0 Å². The molecule has 3 aromatic rings. The molecular formula is C19H21N3O3S2. The largest absolute Gasteiger partial charge is 0.467 e. The summed E-state index contributed by atoms with van der Waals surface area (Å²) < 4.78 is 5.21. The Morgan fingerprint density at radius 1 is 1.56 bits per heavy atom. The zero-order chi connectivity index (χ0) is 19.0. The van der Waals surface area contributed by atoms with Gasteiger partial charge in [-0.3, -0.25) is 9.59 Å². The molecule has 0 saturated carbocycles. The van der Waals surface area contributed by atoms with Crippen molar-refractivity contribution in [1.82, 2.24) is 15.3 Å². The first-order chi connectivity index (χ1) is 13.0. The third kappa shape index (κ3) is 3.82. The number of hydrogen-bond acceptors (Lipinski definition) is 6. The highest BCUT2D eigenvalue weighted by atomic mass is 32.2. The summed E-state index contributed by atoms with van der Waals surface area (Å²) in [5.41, 5.74) is 1.07. The van der Waals surface area contributed by atoms with Crippen molar-refractivity contribution in [3.8, 4) is 0 Å². The number of thiophene rings is 1. The minimum atomic E-state index is -0.379. The van der Waals surface area contributed by atoms with Crippen LogP contribution in [0.2, 0.25) is 0 Å². The van der Waals surface area contributed by atoms with Crippen molar-refractivity contribution in [1.29, 1.82) is 0 Å². The summed E-state index contributed by atoms with van der Waals surface area (Å²) in [6.45, 7) is 4.39. The van der Waals surface area contributed by atoms with Crippen molar-refractivity contribution in [2.75, 3.05) is 0 Å². The number of H-pyrrole nitrogens is 1. The predicted molar refractivity (Wildman–Crippen MR) is 107 cm³/mol. The lowest BCUT2D eigenvalue weighted by molar-refractivity contribution is -0.120. The second-order valence-electron chi connectivity index (χ2n) is 6.96. The van der Waals surface area contributed by atoms with E-state index in [-0.39, 0.29) is 16.7 Å². The Bertz CT molecular complexity index is 1020. The Labute approximate surface area is 164 Å². The molecule has 2 N–H and O–H groups in total. The van der Waals surface area contributed by atoms with Gasteiger partial charge >= 0.3 is 0 Å². The van der Waals surface area contributed by atoms with Crippen LogP contribution in [-0.4, -0.2) is 21.1 Å². The Morgan fingerprint density at radius 3 is 3.19 bits per heavy atom. The molecule has 0 radical (unpaired) electrons. The predicted octanol–water partition coefficient (Wildman–Crippen LogP) is 3.50. The molecule has 6 nitrogen and oxygen atoms in total. The van der Waals surface area contributed by atoms with E-state index < -0.39 is 0 Å². The molecule has 2 atom stereocenters. The van der Waals surface area contributed by atoms with E-state index in [1.807, 2.05) is 6.07 Å². The molecule has 0 fully saturated rings. The summed E-state index contributed by atoms with van der Waals surface area (Å²) in [6, 6.07) is 3.59. The number of hydrogen-bond donors (Lipinski definition) is 2. The van der Waals surface area contributed by atoms with Gasteiger partial charge in [0.15, 0.2) is 5.16 Å². The van der Waals surface area contributed by atoms with Crippen LogP contribution in [0, 0.1) is 5.92 Å². The number of aromatic nitrogens is 2. The van der Waals surface area contributed by atoms with Crippen LogP contribution < -0.4 is 10.9 Å². The van der Waals surface area contributed by atoms with Crippen LogP contribution in [0.3, 0.4) is 0 Å². The zero-order valence-corrected chi connectivity index (χ0v) is 16.8. The van der Waals surface area contributed by atoms with Crippen molar-refractivity contribution < 1.29 is 9.21 Å². The molecule has 3 aromatic heterocycles. The fourth-order valence-electron chi connectivity index (χ4n) is 3.34. The highest BCUT2D eigenvalue weighted by Gasteiger charge is 2.24. The number of thioether (sulfide) groups is 1. The molecule has 27 heavy (non-hydrogen) atoms. The standard InChI is InChI=1S/C19H21N3O3S2/c1-10-5-6-13-14(8-10)27-18-15(13)17(24)21-19(22-18)26-11(2)16(23)20-9-12-4-3-7-25-12/h3-4,7,10-11H,5-6,8-9H2,1-2H3,(H,20,23)(H,21,22,24)/t10-,11+/m1/s1. The SMILES string of the molecule is C[C@@H]1CCc2c(sc3nc(S[C@@H](C)C(=O)NCc4ccco4)[nH]c(=O)c23)C1. The minimum absolute atomic E-state index is 0.0993. The fourth-order valence-corrected chi connectivity index (χ4v) is 5.60. The number of rotatable bonds is 5. The first-order valence-corrected chi connectivity index (χ1v) is 10.7. The van der Waals surface area contributed by atoms with Gasteiger partial charge in [0.2, 0.25) is 5.91 Å². The van der Waals surface area contributed by atoms with E-state index >= 15 is 0 Å². The molecule has 3 heterocycles. The van der Waals surface area contributed by atoms with E-state index in [1.165, 1.54) is 22.2 Å². The summed E-state index contributed by atoms with van der Waals surface area (Å²) in [5, 5.41) is 3.67. The molecule has 0 saturated heterocycles. The van der Waals surface area contributed by atoms with Crippen molar-refractivity contribution in [2.45, 2.75) is 50.1 Å². The van der Waals surface area contributed by atoms with Gasteiger partial charge in [-0.25, -0.2) is 4.98 Å². The monoisotopic (exact) mass is 403 g/mol. The number of furan rings is 1. The van der Waals surface area contributed by atoms with E-state index in [4.69, 9.17) is 4.42 Å². The highest BCUT2D eigenvalue weighted by Crippen LogP contribution is 2.36. The highest BCUT2D eigenvalue weighted by molar-refractivity contribution is 8.00. The first-order valence-electron chi connectivity index (χ1n) is 9.02. The number of amides is 1. The number of carbonyl (C=O) groups is 1. The van der Waals surface area contributed by atoms with Gasteiger partial charge in [-0.2, -0.15) is 0 Å². The Hall–Kier alpha value is -2.06. The molecule has 0 spiro atoms. The van der Waals surface area contributed by atoms with Gasteiger partial charge in [0, 0.05) is 4.88 Å². The lowest BCUT2D eigenvalue weighted by Crippen LogP contribution is -2.30. The summed E-state index contributed by atoms with van der Waals surface area (Å²) in [7, 11) is 0. The molecule has 1 aliphatic carbocycles. The molecule has 1 aliphatic rings. The van der Waals surface area contributed by atoms with Gasteiger partial charge in [0.1, 0.15) is 10.6 Å². The summed E-state index contributed by atoms with van der Waals surface area (Å²) in [6.07, 6.45) is 4.65. The number of carbonyl (C=O) groups excluding carboxylic acids is 1. The van der Waals surface area contributed by atoms with E-state index in [1.54, 1.807) is 30.6 Å². The molecule has 8 heteroatoms. The second-order valence-corrected chi connectivity index (χ2v) is 9.37. The first kappa shape index (κ1) is 18.3. The second kappa shape index (κ2) is 7.52. The van der Waals surface area contributed by atoms with Gasteiger partial charge in [-0.15, -0.1) is 11.3 Å². The van der Waals surface area contributed by atoms with E-state index in [0.29, 0.717) is 23.4 Å². The number of nitrogens with zero attached hydrogens (tertiary/aromatic N) is 1.